The van der Waals surface area contributed by atoms with Crippen molar-refractivity contribution in [1.29, 1.82) is 0 Å². The number of urea groups is 1. The van der Waals surface area contributed by atoms with E-state index >= 15 is 0 Å². The van der Waals surface area contributed by atoms with Crippen LogP contribution in [0.15, 0.2) is 35.5 Å². The third-order valence-electron chi connectivity index (χ3n) is 4.12. The minimum absolute atomic E-state index is 0.289. The number of carbonyl (C=O) groups is 2. The van der Waals surface area contributed by atoms with Crippen molar-refractivity contribution in [1.82, 2.24) is 10.6 Å². The molecular weight excluding hydrogens is 306 g/mol. The number of anilines is 1. The highest BCUT2D eigenvalue weighted by Crippen LogP contribution is 2.29. The van der Waals surface area contributed by atoms with Gasteiger partial charge < -0.3 is 20.3 Å². The third kappa shape index (κ3) is 3.69. The van der Waals surface area contributed by atoms with Gasteiger partial charge in [0.1, 0.15) is 0 Å². The average Bonchev–Trinajstić information content (AvgIpc) is 2.56. The first-order chi connectivity index (χ1) is 11.5. The molecule has 0 saturated heterocycles. The minimum Gasteiger partial charge on any atom is -0.463 e. The average molecular weight is 331 g/mol. The predicted molar refractivity (Wildman–Crippen MR) is 93.7 cm³/mol. The summed E-state index contributed by atoms with van der Waals surface area (Å²) < 4.78 is 5.14. The number of nitrogens with zero attached hydrogens (tertiary/aromatic N) is 1. The molecule has 1 heterocycles. The van der Waals surface area contributed by atoms with E-state index in [1.807, 2.05) is 24.3 Å². The molecule has 1 atom stereocenters. The Morgan fingerprint density at radius 1 is 1.17 bits per heavy atom. The van der Waals surface area contributed by atoms with Gasteiger partial charge in [0, 0.05) is 24.5 Å². The van der Waals surface area contributed by atoms with Crippen LogP contribution in [0.2, 0.25) is 0 Å². The molecule has 0 radical (unpaired) electrons. The summed E-state index contributed by atoms with van der Waals surface area (Å²) in [5, 5.41) is 5.44. The van der Waals surface area contributed by atoms with E-state index in [1.165, 1.54) is 0 Å². The van der Waals surface area contributed by atoms with Gasteiger partial charge in [-0.1, -0.05) is 12.1 Å². The zero-order valence-electron chi connectivity index (χ0n) is 14.7. The number of allylic oxidation sites excluding steroid dienone is 1. The number of amides is 2. The van der Waals surface area contributed by atoms with Gasteiger partial charge in [-0.3, -0.25) is 0 Å². The first-order valence-corrected chi connectivity index (χ1v) is 8.32. The molecule has 2 N–H and O–H groups in total. The molecule has 0 unspecified atom stereocenters. The fourth-order valence-electron chi connectivity index (χ4n) is 2.89. The third-order valence-corrected chi connectivity index (χ3v) is 4.12. The van der Waals surface area contributed by atoms with Crippen LogP contribution in [0.25, 0.3) is 0 Å². The van der Waals surface area contributed by atoms with Crippen molar-refractivity contribution in [3.05, 3.63) is 41.1 Å². The summed E-state index contributed by atoms with van der Waals surface area (Å²) in [4.78, 5) is 26.4. The van der Waals surface area contributed by atoms with Gasteiger partial charge in [-0.15, -0.1) is 0 Å². The van der Waals surface area contributed by atoms with Crippen LogP contribution in [-0.2, 0) is 9.53 Å². The molecule has 0 aliphatic carbocycles. The largest absolute Gasteiger partial charge is 0.463 e. The molecule has 6 heteroatoms. The standard InChI is InChI=1S/C18H25N3O3/c1-5-21(6-2)14-10-8-13(9-11-14)16-15(17(22)24-7-3)12(4)19-18(23)20-16/h8-11,16H,5-7H2,1-4H3,(H2,19,20,23)/t16-/m0/s1. The zero-order valence-corrected chi connectivity index (χ0v) is 14.7. The first kappa shape index (κ1) is 17.8. The van der Waals surface area contributed by atoms with Crippen molar-refractivity contribution in [3.8, 4) is 0 Å². The van der Waals surface area contributed by atoms with Gasteiger partial charge in [0.25, 0.3) is 0 Å². The number of benzene rings is 1. The number of nitrogens with one attached hydrogen (secondary N) is 2. The summed E-state index contributed by atoms with van der Waals surface area (Å²) in [6.07, 6.45) is 0. The van der Waals surface area contributed by atoms with Crippen LogP contribution >= 0.6 is 0 Å². The summed E-state index contributed by atoms with van der Waals surface area (Å²) in [7, 11) is 0. The Morgan fingerprint density at radius 2 is 1.79 bits per heavy atom. The lowest BCUT2D eigenvalue weighted by atomic mass is 9.95. The number of rotatable bonds is 6. The van der Waals surface area contributed by atoms with Crippen LogP contribution < -0.4 is 15.5 Å². The van der Waals surface area contributed by atoms with E-state index in [9.17, 15) is 9.59 Å². The van der Waals surface area contributed by atoms with Crippen LogP contribution in [-0.4, -0.2) is 31.7 Å². The highest BCUT2D eigenvalue weighted by atomic mass is 16.5. The van der Waals surface area contributed by atoms with E-state index in [0.717, 1.165) is 24.3 Å². The van der Waals surface area contributed by atoms with E-state index in [0.29, 0.717) is 11.3 Å². The maximum atomic E-state index is 12.3. The van der Waals surface area contributed by atoms with Crippen LogP contribution in [0.3, 0.4) is 0 Å². The van der Waals surface area contributed by atoms with Crippen molar-refractivity contribution in [3.63, 3.8) is 0 Å². The molecule has 130 valence electrons. The molecule has 0 bridgehead atoms. The molecular formula is C18H25N3O3. The van der Waals surface area contributed by atoms with E-state index in [2.05, 4.69) is 29.4 Å². The Balaban J connectivity index is 2.35. The smallest absolute Gasteiger partial charge is 0.338 e. The van der Waals surface area contributed by atoms with Crippen molar-refractivity contribution in [2.45, 2.75) is 33.7 Å². The van der Waals surface area contributed by atoms with Gasteiger partial charge in [0.15, 0.2) is 0 Å². The van der Waals surface area contributed by atoms with Crippen molar-refractivity contribution in [2.75, 3.05) is 24.6 Å². The van der Waals surface area contributed by atoms with Gasteiger partial charge in [0.05, 0.1) is 18.2 Å². The highest BCUT2D eigenvalue weighted by Gasteiger charge is 2.32. The van der Waals surface area contributed by atoms with Crippen molar-refractivity contribution in [2.24, 2.45) is 0 Å². The van der Waals surface area contributed by atoms with Crippen molar-refractivity contribution >= 4 is 17.7 Å². The molecule has 2 amide bonds. The molecule has 1 aromatic carbocycles. The summed E-state index contributed by atoms with van der Waals surface area (Å²) >= 11 is 0. The summed E-state index contributed by atoms with van der Waals surface area (Å²) in [6, 6.07) is 7.07. The second-order valence-electron chi connectivity index (χ2n) is 5.55. The van der Waals surface area contributed by atoms with Gasteiger partial charge in [0.2, 0.25) is 0 Å². The number of ether oxygens (including phenoxy) is 1. The molecule has 2 rings (SSSR count). The van der Waals surface area contributed by atoms with Gasteiger partial charge in [-0.05, 0) is 45.4 Å². The van der Waals surface area contributed by atoms with Crippen LogP contribution in [0, 0.1) is 0 Å². The molecule has 0 spiro atoms. The quantitative estimate of drug-likeness (QED) is 0.786. The SMILES string of the molecule is CCOC(=O)C1=C(C)NC(=O)N[C@H]1c1ccc(N(CC)CC)cc1. The predicted octanol–water partition coefficient (Wildman–Crippen LogP) is 2.72. The second-order valence-corrected chi connectivity index (χ2v) is 5.55. The Kier molecular flexibility index (Phi) is 5.84. The number of hydrogen-bond donors (Lipinski definition) is 2. The topological polar surface area (TPSA) is 70.7 Å². The Morgan fingerprint density at radius 3 is 2.33 bits per heavy atom. The fourth-order valence-corrected chi connectivity index (χ4v) is 2.89. The lowest BCUT2D eigenvalue weighted by Gasteiger charge is -2.28. The van der Waals surface area contributed by atoms with E-state index in [4.69, 9.17) is 4.74 Å². The van der Waals surface area contributed by atoms with Crippen LogP contribution in [0.5, 0.6) is 0 Å². The number of hydrogen-bond acceptors (Lipinski definition) is 4. The molecule has 1 aliphatic rings. The molecule has 0 fully saturated rings. The van der Waals surface area contributed by atoms with Crippen molar-refractivity contribution < 1.29 is 14.3 Å². The lowest BCUT2D eigenvalue weighted by molar-refractivity contribution is -0.139. The second kappa shape index (κ2) is 7.86. The molecule has 24 heavy (non-hydrogen) atoms. The molecule has 0 saturated carbocycles. The van der Waals surface area contributed by atoms with Crippen LogP contribution in [0.1, 0.15) is 39.3 Å². The number of esters is 1. The van der Waals surface area contributed by atoms with E-state index < -0.39 is 12.0 Å². The summed E-state index contributed by atoms with van der Waals surface area (Å²) in [5.74, 6) is -0.416. The summed E-state index contributed by atoms with van der Waals surface area (Å²) in [5.41, 5.74) is 2.92. The maximum absolute atomic E-state index is 12.3. The van der Waals surface area contributed by atoms with E-state index in [-0.39, 0.29) is 12.6 Å². The number of carbonyl (C=O) groups excluding carboxylic acids is 2. The molecule has 0 aromatic heterocycles. The van der Waals surface area contributed by atoms with Gasteiger partial charge in [-0.25, -0.2) is 9.59 Å². The lowest BCUT2D eigenvalue weighted by Crippen LogP contribution is -2.45. The first-order valence-electron chi connectivity index (χ1n) is 8.32. The molecule has 1 aromatic rings. The van der Waals surface area contributed by atoms with Crippen LogP contribution in [0.4, 0.5) is 10.5 Å². The van der Waals surface area contributed by atoms with Gasteiger partial charge >= 0.3 is 12.0 Å². The Labute approximate surface area is 142 Å². The van der Waals surface area contributed by atoms with E-state index in [1.54, 1.807) is 13.8 Å². The Hall–Kier alpha value is -2.50. The molecule has 1 aliphatic heterocycles. The maximum Gasteiger partial charge on any atom is 0.338 e. The van der Waals surface area contributed by atoms with Gasteiger partial charge in [-0.2, -0.15) is 0 Å². The minimum atomic E-state index is -0.511. The molecule has 6 nitrogen and oxygen atoms in total. The zero-order chi connectivity index (χ0) is 17.7. The fraction of sp³-hybridized carbons (Fsp3) is 0.444. The summed E-state index contributed by atoms with van der Waals surface area (Å²) in [6.45, 7) is 9.82. The monoisotopic (exact) mass is 331 g/mol. The highest BCUT2D eigenvalue weighted by molar-refractivity contribution is 5.95. The Bertz CT molecular complexity index is 633. The normalized spacial score (nSPS) is 17.2.